The highest BCUT2D eigenvalue weighted by Gasteiger charge is 2.22. The first kappa shape index (κ1) is 14.9. The summed E-state index contributed by atoms with van der Waals surface area (Å²) in [6.07, 6.45) is 3.37. The van der Waals surface area contributed by atoms with Gasteiger partial charge in [-0.15, -0.1) is 0 Å². The number of benzene rings is 1. The Balaban J connectivity index is 1.88. The molecular formula is C15H20F2N2O. The van der Waals surface area contributed by atoms with Gasteiger partial charge in [-0.1, -0.05) is 6.07 Å². The second-order valence-corrected chi connectivity index (χ2v) is 5.33. The number of likely N-dealkylation sites (tertiary alicyclic amines) is 1. The van der Waals surface area contributed by atoms with E-state index in [1.165, 1.54) is 12.1 Å². The van der Waals surface area contributed by atoms with E-state index in [4.69, 9.17) is 5.73 Å². The lowest BCUT2D eigenvalue weighted by atomic mass is 9.91. The maximum absolute atomic E-state index is 13.5. The molecule has 0 aromatic heterocycles. The van der Waals surface area contributed by atoms with E-state index < -0.39 is 11.6 Å². The number of piperidine rings is 1. The van der Waals surface area contributed by atoms with Gasteiger partial charge in [0.15, 0.2) is 0 Å². The van der Waals surface area contributed by atoms with Crippen molar-refractivity contribution in [2.24, 2.45) is 11.7 Å². The van der Waals surface area contributed by atoms with Crippen molar-refractivity contribution >= 4 is 5.91 Å². The molecule has 1 aliphatic rings. The second-order valence-electron chi connectivity index (χ2n) is 5.33. The van der Waals surface area contributed by atoms with Gasteiger partial charge in [0.2, 0.25) is 5.91 Å². The first-order chi connectivity index (χ1) is 9.60. The van der Waals surface area contributed by atoms with Gasteiger partial charge in [0, 0.05) is 19.2 Å². The molecule has 0 bridgehead atoms. The molecule has 0 radical (unpaired) electrons. The monoisotopic (exact) mass is 282 g/mol. The predicted octanol–water partition coefficient (Wildman–Crippen LogP) is 2.09. The number of hydrogen-bond acceptors (Lipinski definition) is 2. The minimum Gasteiger partial charge on any atom is -0.341 e. The summed E-state index contributed by atoms with van der Waals surface area (Å²) in [6.45, 7) is 1.50. The molecule has 1 atom stereocenters. The van der Waals surface area contributed by atoms with Gasteiger partial charge in [0.05, 0.1) is 6.54 Å². The Kier molecular flexibility index (Phi) is 5.06. The van der Waals surface area contributed by atoms with E-state index in [-0.39, 0.29) is 12.5 Å². The number of hydrogen-bond donors (Lipinski definition) is 1. The Morgan fingerprint density at radius 1 is 1.40 bits per heavy atom. The molecular weight excluding hydrogens is 262 g/mol. The van der Waals surface area contributed by atoms with Crippen LogP contribution in [0.25, 0.3) is 0 Å². The summed E-state index contributed by atoms with van der Waals surface area (Å²) in [5, 5.41) is 0. The number of halogens is 2. The predicted molar refractivity (Wildman–Crippen MR) is 73.0 cm³/mol. The molecule has 1 aromatic rings. The summed E-state index contributed by atoms with van der Waals surface area (Å²) in [5.74, 6) is -0.703. The first-order valence-corrected chi connectivity index (χ1v) is 7.02. The topological polar surface area (TPSA) is 46.3 Å². The first-order valence-electron chi connectivity index (χ1n) is 7.02. The quantitative estimate of drug-likeness (QED) is 0.919. The van der Waals surface area contributed by atoms with E-state index in [0.29, 0.717) is 24.4 Å². The third-order valence-corrected chi connectivity index (χ3v) is 3.88. The van der Waals surface area contributed by atoms with Crippen molar-refractivity contribution in [3.8, 4) is 0 Å². The van der Waals surface area contributed by atoms with E-state index >= 15 is 0 Å². The van der Waals surface area contributed by atoms with Gasteiger partial charge >= 0.3 is 0 Å². The van der Waals surface area contributed by atoms with Gasteiger partial charge in [-0.3, -0.25) is 4.79 Å². The molecule has 1 aromatic carbocycles. The average molecular weight is 282 g/mol. The van der Waals surface area contributed by atoms with Gasteiger partial charge in [0.1, 0.15) is 11.6 Å². The summed E-state index contributed by atoms with van der Waals surface area (Å²) in [6, 6.07) is 3.69. The van der Waals surface area contributed by atoms with Crippen LogP contribution in [0.2, 0.25) is 0 Å². The summed E-state index contributed by atoms with van der Waals surface area (Å²) in [4.78, 5) is 13.4. The number of carbonyl (C=O) groups excluding carboxylic acids is 1. The molecule has 1 saturated heterocycles. The Labute approximate surface area is 117 Å². The van der Waals surface area contributed by atoms with Gasteiger partial charge in [0.25, 0.3) is 0 Å². The fourth-order valence-corrected chi connectivity index (χ4v) is 2.74. The minimum atomic E-state index is -0.552. The largest absolute Gasteiger partial charge is 0.341 e. The molecule has 1 aliphatic heterocycles. The molecule has 20 heavy (non-hydrogen) atoms. The van der Waals surface area contributed by atoms with Gasteiger partial charge in [-0.25, -0.2) is 8.78 Å². The van der Waals surface area contributed by atoms with Crippen LogP contribution in [0.5, 0.6) is 0 Å². The molecule has 110 valence electrons. The lowest BCUT2D eigenvalue weighted by molar-refractivity contribution is -0.131. The Bertz CT molecular complexity index is 479. The van der Waals surface area contributed by atoms with E-state index in [1.54, 1.807) is 4.90 Å². The Hall–Kier alpha value is -1.49. The van der Waals surface area contributed by atoms with E-state index in [0.717, 1.165) is 31.9 Å². The maximum atomic E-state index is 13.5. The fraction of sp³-hybridized carbons (Fsp3) is 0.533. The second kappa shape index (κ2) is 6.79. The highest BCUT2D eigenvalue weighted by atomic mass is 19.1. The van der Waals surface area contributed by atoms with E-state index in [1.807, 2.05) is 0 Å². The minimum absolute atomic E-state index is 0.0253. The van der Waals surface area contributed by atoms with E-state index in [9.17, 15) is 13.6 Å². The van der Waals surface area contributed by atoms with Crippen LogP contribution in [0, 0.1) is 17.6 Å². The van der Waals surface area contributed by atoms with Crippen LogP contribution in [0.3, 0.4) is 0 Å². The van der Waals surface area contributed by atoms with Crippen molar-refractivity contribution in [2.45, 2.75) is 25.7 Å². The van der Waals surface area contributed by atoms with Crippen LogP contribution in [-0.4, -0.2) is 30.4 Å². The third-order valence-electron chi connectivity index (χ3n) is 3.88. The molecule has 0 unspecified atom stereocenters. The standard InChI is InChI=1S/C15H20F2N2O/c16-13-6-5-12(14(17)8-13)4-3-11-2-1-7-19(10-11)15(20)9-18/h5-6,8,11H,1-4,7,9-10,18H2/t11-/m1/s1. The molecule has 1 fully saturated rings. The van der Waals surface area contributed by atoms with Crippen LogP contribution in [0.15, 0.2) is 18.2 Å². The van der Waals surface area contributed by atoms with Crippen molar-refractivity contribution in [2.75, 3.05) is 19.6 Å². The molecule has 0 spiro atoms. The van der Waals surface area contributed by atoms with Gasteiger partial charge in [-0.05, 0) is 43.2 Å². The van der Waals surface area contributed by atoms with Crippen molar-refractivity contribution < 1.29 is 13.6 Å². The molecule has 5 heteroatoms. The van der Waals surface area contributed by atoms with Crippen LogP contribution >= 0.6 is 0 Å². The summed E-state index contributed by atoms with van der Waals surface area (Å²) in [7, 11) is 0. The summed E-state index contributed by atoms with van der Waals surface area (Å²) < 4.78 is 26.4. The highest BCUT2D eigenvalue weighted by Crippen LogP contribution is 2.22. The average Bonchev–Trinajstić information content (AvgIpc) is 2.46. The number of nitrogens with two attached hydrogens (primary N) is 1. The molecule has 0 aliphatic carbocycles. The van der Waals surface area contributed by atoms with Crippen molar-refractivity contribution in [1.82, 2.24) is 4.90 Å². The lowest BCUT2D eigenvalue weighted by Gasteiger charge is -2.32. The van der Waals surface area contributed by atoms with Crippen molar-refractivity contribution in [3.63, 3.8) is 0 Å². The van der Waals surface area contributed by atoms with E-state index in [2.05, 4.69) is 0 Å². The van der Waals surface area contributed by atoms with Gasteiger partial charge < -0.3 is 10.6 Å². The van der Waals surface area contributed by atoms with Gasteiger partial charge in [-0.2, -0.15) is 0 Å². The highest BCUT2D eigenvalue weighted by molar-refractivity contribution is 5.78. The molecule has 1 amide bonds. The Morgan fingerprint density at radius 3 is 2.90 bits per heavy atom. The number of carbonyl (C=O) groups is 1. The van der Waals surface area contributed by atoms with Crippen LogP contribution in [-0.2, 0) is 11.2 Å². The van der Waals surface area contributed by atoms with Crippen molar-refractivity contribution in [1.29, 1.82) is 0 Å². The molecule has 2 N–H and O–H groups in total. The molecule has 3 nitrogen and oxygen atoms in total. The zero-order chi connectivity index (χ0) is 14.5. The summed E-state index contributed by atoms with van der Waals surface area (Å²) in [5.41, 5.74) is 5.91. The third kappa shape index (κ3) is 3.76. The fourth-order valence-electron chi connectivity index (χ4n) is 2.74. The normalized spacial score (nSPS) is 19.1. The zero-order valence-corrected chi connectivity index (χ0v) is 11.4. The van der Waals surface area contributed by atoms with Crippen molar-refractivity contribution in [3.05, 3.63) is 35.4 Å². The Morgan fingerprint density at radius 2 is 2.20 bits per heavy atom. The number of rotatable bonds is 4. The van der Waals surface area contributed by atoms with Crippen LogP contribution in [0.4, 0.5) is 8.78 Å². The molecule has 0 saturated carbocycles. The SMILES string of the molecule is NCC(=O)N1CCC[C@H](CCc2ccc(F)cc2F)C1. The smallest absolute Gasteiger partial charge is 0.236 e. The van der Waals surface area contributed by atoms with Crippen LogP contribution in [0.1, 0.15) is 24.8 Å². The zero-order valence-electron chi connectivity index (χ0n) is 11.4. The van der Waals surface area contributed by atoms with Crippen LogP contribution < -0.4 is 5.73 Å². The maximum Gasteiger partial charge on any atom is 0.236 e. The molecule has 2 rings (SSSR count). The molecule has 1 heterocycles. The number of amides is 1. The number of aryl methyl sites for hydroxylation is 1. The lowest BCUT2D eigenvalue weighted by Crippen LogP contribution is -2.43. The number of nitrogens with zero attached hydrogens (tertiary/aromatic N) is 1. The summed E-state index contributed by atoms with van der Waals surface area (Å²) >= 11 is 0.